The predicted molar refractivity (Wildman–Crippen MR) is 75.5 cm³/mol. The van der Waals surface area contributed by atoms with E-state index in [0.29, 0.717) is 0 Å². The second-order valence-corrected chi connectivity index (χ2v) is 6.06. The van der Waals surface area contributed by atoms with E-state index in [1.165, 1.54) is 6.92 Å². The summed E-state index contributed by atoms with van der Waals surface area (Å²) < 4.78 is 70.3. The number of esters is 1. The van der Waals surface area contributed by atoms with Gasteiger partial charge >= 0.3 is 22.3 Å². The molecule has 10 heteroatoms. The van der Waals surface area contributed by atoms with Crippen molar-refractivity contribution in [1.29, 1.82) is 0 Å². The van der Waals surface area contributed by atoms with Crippen LogP contribution in [0.2, 0.25) is 0 Å². The number of halogens is 3. The van der Waals surface area contributed by atoms with Crippen LogP contribution in [-0.4, -0.2) is 32.0 Å². The summed E-state index contributed by atoms with van der Waals surface area (Å²) in [6, 6.07) is 4.22. The molecule has 0 spiro atoms. The highest BCUT2D eigenvalue weighted by atomic mass is 32.2. The standard InChI is InChI=1S/C13H14F3NO5S/c1-3-8-23(19,20)22-17-12(13(14,15)16)10-4-6-11(7-5-10)21-9(2)18/h4-7H,3,8H2,1-2H3. The summed E-state index contributed by atoms with van der Waals surface area (Å²) >= 11 is 0. The van der Waals surface area contributed by atoms with Gasteiger partial charge in [0, 0.05) is 12.5 Å². The summed E-state index contributed by atoms with van der Waals surface area (Å²) in [5.74, 6) is -1.04. The van der Waals surface area contributed by atoms with Crippen LogP contribution in [-0.2, 0) is 19.2 Å². The number of carbonyl (C=O) groups is 1. The Morgan fingerprint density at radius 1 is 1.22 bits per heavy atom. The molecule has 0 heterocycles. The maximum atomic E-state index is 13.0. The summed E-state index contributed by atoms with van der Waals surface area (Å²) in [7, 11) is -4.18. The third-order valence-electron chi connectivity index (χ3n) is 2.35. The van der Waals surface area contributed by atoms with Crippen LogP contribution in [0, 0.1) is 0 Å². The van der Waals surface area contributed by atoms with E-state index in [1.807, 2.05) is 0 Å². The molecule has 1 aromatic rings. The molecule has 0 radical (unpaired) electrons. The molecule has 0 unspecified atom stereocenters. The van der Waals surface area contributed by atoms with Gasteiger partial charge in [0.25, 0.3) is 0 Å². The van der Waals surface area contributed by atoms with Gasteiger partial charge in [-0.3, -0.25) is 9.08 Å². The molecule has 0 aliphatic carbocycles. The Labute approximate surface area is 131 Å². The number of hydrogen-bond acceptors (Lipinski definition) is 6. The Balaban J connectivity index is 3.10. The highest BCUT2D eigenvalue weighted by molar-refractivity contribution is 7.86. The number of carbonyl (C=O) groups excluding carboxylic acids is 1. The van der Waals surface area contributed by atoms with E-state index in [4.69, 9.17) is 4.74 Å². The molecule has 1 rings (SSSR count). The van der Waals surface area contributed by atoms with Crippen molar-refractivity contribution >= 4 is 21.8 Å². The molecule has 0 fully saturated rings. The Bertz CT molecular complexity index is 681. The third-order valence-corrected chi connectivity index (χ3v) is 3.56. The predicted octanol–water partition coefficient (Wildman–Crippen LogP) is 2.63. The van der Waals surface area contributed by atoms with Crippen molar-refractivity contribution < 1.29 is 35.4 Å². The van der Waals surface area contributed by atoms with Gasteiger partial charge in [-0.15, -0.1) is 0 Å². The van der Waals surface area contributed by atoms with Crippen LogP contribution in [0.15, 0.2) is 29.4 Å². The van der Waals surface area contributed by atoms with Gasteiger partial charge < -0.3 is 4.74 Å². The largest absolute Gasteiger partial charge is 0.437 e. The van der Waals surface area contributed by atoms with Gasteiger partial charge in [-0.25, -0.2) is 0 Å². The van der Waals surface area contributed by atoms with E-state index in [0.717, 1.165) is 31.2 Å². The lowest BCUT2D eigenvalue weighted by atomic mass is 10.1. The summed E-state index contributed by atoms with van der Waals surface area (Å²) in [6.45, 7) is 2.67. The zero-order valence-corrected chi connectivity index (χ0v) is 13.1. The Hall–Kier alpha value is -2.10. The van der Waals surface area contributed by atoms with E-state index in [1.54, 1.807) is 0 Å². The average Bonchev–Trinajstić information content (AvgIpc) is 2.38. The molecule has 0 aliphatic heterocycles. The Kier molecular flexibility index (Phi) is 6.13. The molecule has 0 aromatic heterocycles. The number of alkyl halides is 3. The zero-order chi connectivity index (χ0) is 17.7. The number of oxime groups is 1. The summed E-state index contributed by atoms with van der Waals surface area (Å²) in [5, 5.41) is 2.74. The summed E-state index contributed by atoms with van der Waals surface area (Å²) in [4.78, 5) is 10.8. The number of ether oxygens (including phenoxy) is 1. The topological polar surface area (TPSA) is 82.0 Å². The minimum Gasteiger partial charge on any atom is -0.427 e. The van der Waals surface area contributed by atoms with Gasteiger partial charge in [0.15, 0.2) is 5.71 Å². The first-order valence-corrected chi connectivity index (χ1v) is 7.98. The molecule has 6 nitrogen and oxygen atoms in total. The molecule has 23 heavy (non-hydrogen) atoms. The zero-order valence-electron chi connectivity index (χ0n) is 12.3. The molecule has 0 atom stereocenters. The molecule has 0 N–H and O–H groups in total. The van der Waals surface area contributed by atoms with E-state index < -0.39 is 39.3 Å². The van der Waals surface area contributed by atoms with E-state index in [9.17, 15) is 26.4 Å². The molecule has 0 saturated heterocycles. The molecular weight excluding hydrogens is 339 g/mol. The van der Waals surface area contributed by atoms with Gasteiger partial charge in [-0.1, -0.05) is 12.1 Å². The average molecular weight is 353 g/mol. The number of nitrogens with zero attached hydrogens (tertiary/aromatic N) is 1. The molecule has 0 saturated carbocycles. The van der Waals surface area contributed by atoms with Crippen molar-refractivity contribution in [3.8, 4) is 5.75 Å². The summed E-state index contributed by atoms with van der Waals surface area (Å²) in [5.41, 5.74) is -1.94. The van der Waals surface area contributed by atoms with Crippen LogP contribution in [0.5, 0.6) is 5.75 Å². The first-order valence-electron chi connectivity index (χ1n) is 6.40. The smallest absolute Gasteiger partial charge is 0.427 e. The molecule has 1 aromatic carbocycles. The van der Waals surface area contributed by atoms with Gasteiger partial charge in [-0.05, 0) is 30.7 Å². The van der Waals surface area contributed by atoms with Gasteiger partial charge in [0.05, 0.1) is 5.75 Å². The molecule has 0 amide bonds. The SMILES string of the molecule is CCCS(=O)(=O)ON=C(c1ccc(OC(C)=O)cc1)C(F)(F)F. The van der Waals surface area contributed by atoms with Crippen LogP contribution in [0.3, 0.4) is 0 Å². The fourth-order valence-electron chi connectivity index (χ4n) is 1.50. The van der Waals surface area contributed by atoms with Crippen molar-refractivity contribution in [3.05, 3.63) is 29.8 Å². The molecule has 0 aliphatic rings. The van der Waals surface area contributed by atoms with Crippen LogP contribution in [0.1, 0.15) is 25.8 Å². The second kappa shape index (κ2) is 7.44. The number of benzene rings is 1. The van der Waals surface area contributed by atoms with Gasteiger partial charge in [0.2, 0.25) is 0 Å². The van der Waals surface area contributed by atoms with Crippen LogP contribution in [0.25, 0.3) is 0 Å². The quantitative estimate of drug-likeness (QED) is 0.340. The van der Waals surface area contributed by atoms with Gasteiger partial charge in [0.1, 0.15) is 5.75 Å². The highest BCUT2D eigenvalue weighted by Crippen LogP contribution is 2.24. The minimum absolute atomic E-state index is 0.0438. The monoisotopic (exact) mass is 353 g/mol. The Morgan fingerprint density at radius 3 is 2.22 bits per heavy atom. The van der Waals surface area contributed by atoms with Gasteiger partial charge in [-0.2, -0.15) is 21.6 Å². The van der Waals surface area contributed by atoms with Crippen LogP contribution < -0.4 is 4.74 Å². The number of rotatable bonds is 6. The van der Waals surface area contributed by atoms with Crippen LogP contribution in [0.4, 0.5) is 13.2 Å². The van der Waals surface area contributed by atoms with Crippen LogP contribution >= 0.6 is 0 Å². The highest BCUT2D eigenvalue weighted by Gasteiger charge is 2.38. The van der Waals surface area contributed by atoms with E-state index in [-0.39, 0.29) is 12.2 Å². The maximum Gasteiger partial charge on any atom is 0.437 e. The third kappa shape index (κ3) is 6.27. The van der Waals surface area contributed by atoms with E-state index in [2.05, 4.69) is 9.44 Å². The first kappa shape index (κ1) is 18.9. The maximum absolute atomic E-state index is 13.0. The lowest BCUT2D eigenvalue weighted by molar-refractivity contribution is -0.131. The Morgan fingerprint density at radius 2 is 1.78 bits per heavy atom. The fourth-order valence-corrected chi connectivity index (χ4v) is 2.26. The minimum atomic E-state index is -4.93. The molecule has 128 valence electrons. The van der Waals surface area contributed by atoms with Crippen molar-refractivity contribution in [2.45, 2.75) is 26.4 Å². The van der Waals surface area contributed by atoms with Crippen molar-refractivity contribution in [2.24, 2.45) is 5.16 Å². The van der Waals surface area contributed by atoms with Crippen molar-refractivity contribution in [1.82, 2.24) is 0 Å². The van der Waals surface area contributed by atoms with Crippen molar-refractivity contribution in [3.63, 3.8) is 0 Å². The fraction of sp³-hybridized carbons (Fsp3) is 0.385. The summed E-state index contributed by atoms with van der Waals surface area (Å²) in [6.07, 6.45) is -4.75. The normalized spacial score (nSPS) is 12.8. The first-order chi connectivity index (χ1) is 10.5. The molecule has 0 bridgehead atoms. The molecular formula is C13H14F3NO5S. The lowest BCUT2D eigenvalue weighted by Crippen LogP contribution is -2.25. The lowest BCUT2D eigenvalue weighted by Gasteiger charge is -2.11. The second-order valence-electron chi connectivity index (χ2n) is 4.39. The van der Waals surface area contributed by atoms with E-state index >= 15 is 0 Å². The number of hydrogen-bond donors (Lipinski definition) is 0. The van der Waals surface area contributed by atoms with Crippen molar-refractivity contribution in [2.75, 3.05) is 5.75 Å².